The Morgan fingerprint density at radius 2 is 1.80 bits per heavy atom. The van der Waals surface area contributed by atoms with Crippen molar-refractivity contribution in [3.05, 3.63) is 46.1 Å². The van der Waals surface area contributed by atoms with Crippen molar-refractivity contribution in [2.75, 3.05) is 57.5 Å². The average molecular weight is 581 g/mol. The number of halogens is 3. The fraction of sp³-hybridized carbons (Fsp3) is 0.577. The molecule has 2 heterocycles. The first kappa shape index (κ1) is 30.1. The van der Waals surface area contributed by atoms with Crippen molar-refractivity contribution >= 4 is 23.5 Å². The summed E-state index contributed by atoms with van der Waals surface area (Å²) in [6, 6.07) is 6.17. The molecular weight excluding hydrogens is 545 g/mol. The number of nitrogens with one attached hydrogen (secondary N) is 2. The molecule has 2 N–H and O–H groups in total. The van der Waals surface area contributed by atoms with Gasteiger partial charge in [0.05, 0.1) is 4.92 Å². The number of amides is 2. The molecule has 0 radical (unpaired) electrons. The van der Waals surface area contributed by atoms with Crippen molar-refractivity contribution < 1.29 is 27.6 Å². The van der Waals surface area contributed by atoms with Crippen LogP contribution in [0.2, 0.25) is 0 Å². The number of benzene rings is 1. The zero-order chi connectivity index (χ0) is 29.6. The molecule has 1 aliphatic carbocycles. The first-order valence-corrected chi connectivity index (χ1v) is 13.5. The molecule has 4 rings (SSSR count). The number of nitro groups is 1. The summed E-state index contributed by atoms with van der Waals surface area (Å²) in [6.07, 6.45) is 0.159. The van der Waals surface area contributed by atoms with Crippen molar-refractivity contribution in [3.63, 3.8) is 0 Å². The number of rotatable bonds is 9. The maximum absolute atomic E-state index is 12.7. The normalized spacial score (nSPS) is 19.9. The lowest BCUT2D eigenvalue weighted by molar-refractivity contribution is -0.384. The molecular formula is C26H35F3N8O4. The average Bonchev–Trinajstić information content (AvgIpc) is 2.94. The molecule has 0 spiro atoms. The van der Waals surface area contributed by atoms with Gasteiger partial charge < -0.3 is 25.2 Å². The molecule has 224 valence electrons. The molecule has 0 atom stereocenters. The van der Waals surface area contributed by atoms with E-state index in [0.29, 0.717) is 31.6 Å². The molecule has 2 amide bonds. The van der Waals surface area contributed by atoms with Gasteiger partial charge in [-0.3, -0.25) is 15.0 Å². The van der Waals surface area contributed by atoms with E-state index in [1.807, 2.05) is 4.90 Å². The number of piperazine rings is 1. The summed E-state index contributed by atoms with van der Waals surface area (Å²) in [5.74, 6) is 0.0409. The number of urea groups is 1. The van der Waals surface area contributed by atoms with Crippen LogP contribution >= 0.6 is 0 Å². The molecule has 2 aromatic rings. The number of aromatic nitrogens is 2. The van der Waals surface area contributed by atoms with E-state index >= 15 is 0 Å². The van der Waals surface area contributed by atoms with Crippen LogP contribution in [0.25, 0.3) is 0 Å². The Morgan fingerprint density at radius 3 is 2.44 bits per heavy atom. The molecule has 1 saturated heterocycles. The van der Waals surface area contributed by atoms with Gasteiger partial charge >= 0.3 is 18.1 Å². The quantitative estimate of drug-likeness (QED) is 0.332. The molecule has 0 bridgehead atoms. The van der Waals surface area contributed by atoms with E-state index < -0.39 is 11.3 Å². The van der Waals surface area contributed by atoms with Crippen LogP contribution in [0.1, 0.15) is 31.2 Å². The number of hydrogen-bond acceptors (Lipinski definition) is 9. The summed E-state index contributed by atoms with van der Waals surface area (Å²) >= 11 is 0. The van der Waals surface area contributed by atoms with E-state index in [-0.39, 0.29) is 41.3 Å². The van der Waals surface area contributed by atoms with Crippen LogP contribution in [-0.2, 0) is 6.54 Å². The maximum Gasteiger partial charge on any atom is 0.573 e. The Kier molecular flexibility index (Phi) is 9.68. The molecule has 2 fully saturated rings. The molecule has 1 aliphatic heterocycles. The van der Waals surface area contributed by atoms with E-state index in [0.717, 1.165) is 45.0 Å². The standard InChI is InChI=1S/C26H35F3N8O4/c1-34(2)25(38)36-13-11-35(12-14-36)20-9-7-18(8-10-20)15-30-23-21(37(39)40)17-32-24(33-23)31-16-19-5-3-4-6-22(19)41-26(27,28)29/h3-6,17-18,20H,7-16H2,1-2H3,(H2,30,31,32,33). The van der Waals surface area contributed by atoms with Crippen molar-refractivity contribution in [2.24, 2.45) is 5.92 Å². The van der Waals surface area contributed by atoms with Gasteiger partial charge in [0.25, 0.3) is 0 Å². The number of carbonyl (C=O) groups excluding carboxylic acids is 1. The molecule has 1 aromatic carbocycles. The summed E-state index contributed by atoms with van der Waals surface area (Å²) in [5, 5.41) is 17.5. The molecule has 12 nitrogen and oxygen atoms in total. The third kappa shape index (κ3) is 8.31. The van der Waals surface area contributed by atoms with Crippen molar-refractivity contribution in [1.82, 2.24) is 24.7 Å². The van der Waals surface area contributed by atoms with Gasteiger partial charge in [-0.1, -0.05) is 18.2 Å². The summed E-state index contributed by atoms with van der Waals surface area (Å²) in [4.78, 5) is 37.3. The second kappa shape index (κ2) is 13.2. The van der Waals surface area contributed by atoms with Crippen LogP contribution in [0.4, 0.5) is 35.4 Å². The van der Waals surface area contributed by atoms with Crippen LogP contribution < -0.4 is 15.4 Å². The first-order chi connectivity index (χ1) is 19.5. The SMILES string of the molecule is CN(C)C(=O)N1CCN(C2CCC(CNc3nc(NCc4ccccc4OC(F)(F)F)ncc3[N+](=O)[O-])CC2)CC1. The van der Waals surface area contributed by atoms with Gasteiger partial charge in [0, 0.05) is 65.0 Å². The number of nitrogens with zero attached hydrogens (tertiary/aromatic N) is 6. The Balaban J connectivity index is 1.29. The highest BCUT2D eigenvalue weighted by Crippen LogP contribution is 2.31. The fourth-order valence-electron chi connectivity index (χ4n) is 5.29. The topological polar surface area (TPSA) is 129 Å². The predicted octanol–water partition coefficient (Wildman–Crippen LogP) is 4.17. The third-order valence-corrected chi connectivity index (χ3v) is 7.46. The Labute approximate surface area is 236 Å². The zero-order valence-electron chi connectivity index (χ0n) is 23.1. The van der Waals surface area contributed by atoms with E-state index in [9.17, 15) is 28.1 Å². The van der Waals surface area contributed by atoms with Gasteiger partial charge in [-0.2, -0.15) is 4.98 Å². The molecule has 0 unspecified atom stereocenters. The van der Waals surface area contributed by atoms with Crippen LogP contribution in [0.3, 0.4) is 0 Å². The minimum Gasteiger partial charge on any atom is -0.405 e. The lowest BCUT2D eigenvalue weighted by atomic mass is 9.85. The number of anilines is 2. The summed E-state index contributed by atoms with van der Waals surface area (Å²) in [7, 11) is 3.52. The van der Waals surface area contributed by atoms with Crippen LogP contribution in [0, 0.1) is 16.0 Å². The lowest BCUT2D eigenvalue weighted by Gasteiger charge is -2.42. The first-order valence-electron chi connectivity index (χ1n) is 13.5. The number of ether oxygens (including phenoxy) is 1. The Hall–Kier alpha value is -3.88. The second-order valence-electron chi connectivity index (χ2n) is 10.4. The van der Waals surface area contributed by atoms with E-state index in [2.05, 4.69) is 30.2 Å². The fourth-order valence-corrected chi connectivity index (χ4v) is 5.29. The van der Waals surface area contributed by atoms with Gasteiger partial charge in [0.2, 0.25) is 11.8 Å². The minimum atomic E-state index is -4.84. The van der Waals surface area contributed by atoms with Crippen molar-refractivity contribution in [1.29, 1.82) is 0 Å². The van der Waals surface area contributed by atoms with Crippen LogP contribution in [-0.4, -0.2) is 94.8 Å². The third-order valence-electron chi connectivity index (χ3n) is 7.46. The molecule has 15 heteroatoms. The number of para-hydroxylation sites is 1. The number of alkyl halides is 3. The highest BCUT2D eigenvalue weighted by atomic mass is 19.4. The van der Waals surface area contributed by atoms with Crippen molar-refractivity contribution in [2.45, 2.75) is 44.6 Å². The van der Waals surface area contributed by atoms with Gasteiger partial charge in [-0.25, -0.2) is 9.78 Å². The highest BCUT2D eigenvalue weighted by Gasteiger charge is 2.32. The zero-order valence-corrected chi connectivity index (χ0v) is 23.1. The van der Waals surface area contributed by atoms with E-state index in [4.69, 9.17) is 0 Å². The van der Waals surface area contributed by atoms with Gasteiger partial charge in [-0.05, 0) is 37.7 Å². The Bertz CT molecular complexity index is 1200. The summed E-state index contributed by atoms with van der Waals surface area (Å²) in [6.45, 7) is 3.55. The maximum atomic E-state index is 12.7. The summed E-state index contributed by atoms with van der Waals surface area (Å²) in [5.41, 5.74) is -0.0565. The monoisotopic (exact) mass is 580 g/mol. The molecule has 1 saturated carbocycles. The number of hydrogen-bond donors (Lipinski definition) is 2. The second-order valence-corrected chi connectivity index (χ2v) is 10.4. The van der Waals surface area contributed by atoms with Gasteiger partial charge in [-0.15, -0.1) is 13.2 Å². The van der Waals surface area contributed by atoms with Gasteiger partial charge in [0.15, 0.2) is 0 Å². The van der Waals surface area contributed by atoms with Crippen LogP contribution in [0.15, 0.2) is 30.5 Å². The predicted molar refractivity (Wildman–Crippen MR) is 146 cm³/mol. The largest absolute Gasteiger partial charge is 0.573 e. The molecule has 41 heavy (non-hydrogen) atoms. The van der Waals surface area contributed by atoms with E-state index in [1.165, 1.54) is 18.2 Å². The van der Waals surface area contributed by atoms with Crippen molar-refractivity contribution in [3.8, 4) is 5.75 Å². The van der Waals surface area contributed by atoms with Crippen LogP contribution in [0.5, 0.6) is 5.75 Å². The smallest absolute Gasteiger partial charge is 0.405 e. The highest BCUT2D eigenvalue weighted by molar-refractivity contribution is 5.73. The summed E-state index contributed by atoms with van der Waals surface area (Å²) < 4.78 is 42.2. The Morgan fingerprint density at radius 1 is 1.12 bits per heavy atom. The minimum absolute atomic E-state index is 0.0375. The lowest BCUT2D eigenvalue weighted by Crippen LogP contribution is -2.54. The molecule has 2 aliphatic rings. The molecule has 1 aromatic heterocycles. The van der Waals surface area contributed by atoms with Gasteiger partial charge in [0.1, 0.15) is 11.9 Å². The van der Waals surface area contributed by atoms with E-state index in [1.54, 1.807) is 25.1 Å². The number of carbonyl (C=O) groups is 1.